The van der Waals surface area contributed by atoms with Crippen LogP contribution in [0.15, 0.2) is 28.7 Å². The molecule has 104 valence electrons. The van der Waals surface area contributed by atoms with Crippen molar-refractivity contribution in [1.82, 2.24) is 10.6 Å². The minimum atomic E-state index is -0.405. The molecule has 1 aliphatic heterocycles. The van der Waals surface area contributed by atoms with Gasteiger partial charge in [-0.3, -0.25) is 4.79 Å². The Morgan fingerprint density at radius 3 is 2.79 bits per heavy atom. The molecule has 0 unspecified atom stereocenters. The molecule has 0 saturated carbocycles. The maximum Gasteiger partial charge on any atom is 0.237 e. The predicted octanol–water partition coefficient (Wildman–Crippen LogP) is 1.22. The first-order valence-corrected chi connectivity index (χ1v) is 7.30. The lowest BCUT2D eigenvalue weighted by Gasteiger charge is -2.17. The van der Waals surface area contributed by atoms with Crippen LogP contribution in [0.3, 0.4) is 0 Å². The second-order valence-corrected chi connectivity index (χ2v) is 6.01. The Labute approximate surface area is 121 Å². The molecule has 1 amide bonds. The van der Waals surface area contributed by atoms with Crippen LogP contribution in [0.25, 0.3) is 0 Å². The SMILES string of the molecule is C[C@H](Cc1ccc(Br)cc1)NC(=O)[C@@H]1C[C@H](O)CN1. The first kappa shape index (κ1) is 14.5. The smallest absolute Gasteiger partial charge is 0.237 e. The summed E-state index contributed by atoms with van der Waals surface area (Å²) in [5.74, 6) is -0.0267. The van der Waals surface area contributed by atoms with Crippen molar-refractivity contribution in [2.24, 2.45) is 0 Å². The third-order valence-electron chi connectivity index (χ3n) is 3.27. The zero-order valence-corrected chi connectivity index (χ0v) is 12.5. The van der Waals surface area contributed by atoms with Gasteiger partial charge in [0.05, 0.1) is 12.1 Å². The Balaban J connectivity index is 1.82. The molecular formula is C14H19BrN2O2. The average molecular weight is 327 g/mol. The Morgan fingerprint density at radius 1 is 1.53 bits per heavy atom. The van der Waals surface area contributed by atoms with Gasteiger partial charge in [0.1, 0.15) is 0 Å². The molecule has 1 aromatic carbocycles. The molecule has 4 nitrogen and oxygen atoms in total. The van der Waals surface area contributed by atoms with Crippen LogP contribution >= 0.6 is 15.9 Å². The number of aliphatic hydroxyl groups excluding tert-OH is 1. The van der Waals surface area contributed by atoms with Crippen LogP contribution in [0.4, 0.5) is 0 Å². The lowest BCUT2D eigenvalue weighted by molar-refractivity contribution is -0.123. The van der Waals surface area contributed by atoms with Crippen molar-refractivity contribution in [3.05, 3.63) is 34.3 Å². The van der Waals surface area contributed by atoms with E-state index < -0.39 is 6.10 Å². The van der Waals surface area contributed by atoms with Gasteiger partial charge in [-0.05, 0) is 37.5 Å². The molecule has 2 rings (SSSR count). The van der Waals surface area contributed by atoms with E-state index in [1.54, 1.807) is 0 Å². The van der Waals surface area contributed by atoms with E-state index in [2.05, 4.69) is 26.6 Å². The van der Waals surface area contributed by atoms with Crippen LogP contribution in [-0.4, -0.2) is 35.7 Å². The number of hydrogen-bond acceptors (Lipinski definition) is 3. The van der Waals surface area contributed by atoms with E-state index >= 15 is 0 Å². The highest BCUT2D eigenvalue weighted by atomic mass is 79.9. The summed E-state index contributed by atoms with van der Waals surface area (Å²) in [6.45, 7) is 2.49. The number of carbonyl (C=O) groups excluding carboxylic acids is 1. The van der Waals surface area contributed by atoms with Gasteiger partial charge in [0.25, 0.3) is 0 Å². The largest absolute Gasteiger partial charge is 0.392 e. The van der Waals surface area contributed by atoms with Crippen molar-refractivity contribution < 1.29 is 9.90 Å². The molecule has 1 aliphatic rings. The summed E-state index contributed by atoms with van der Waals surface area (Å²) in [5, 5.41) is 15.4. The summed E-state index contributed by atoms with van der Waals surface area (Å²) in [4.78, 5) is 12.0. The third-order valence-corrected chi connectivity index (χ3v) is 3.80. The van der Waals surface area contributed by atoms with Gasteiger partial charge in [-0.1, -0.05) is 28.1 Å². The number of halogens is 1. The van der Waals surface area contributed by atoms with Crippen LogP contribution < -0.4 is 10.6 Å². The molecule has 19 heavy (non-hydrogen) atoms. The number of β-amino-alcohol motifs (C(OH)–C–C–N with tert-alkyl or cyclic N) is 1. The highest BCUT2D eigenvalue weighted by molar-refractivity contribution is 9.10. The fraction of sp³-hybridized carbons (Fsp3) is 0.500. The molecule has 1 saturated heterocycles. The summed E-state index contributed by atoms with van der Waals surface area (Å²) in [6, 6.07) is 7.90. The number of nitrogens with one attached hydrogen (secondary N) is 2. The highest BCUT2D eigenvalue weighted by Gasteiger charge is 2.28. The van der Waals surface area contributed by atoms with Gasteiger partial charge >= 0.3 is 0 Å². The summed E-state index contributed by atoms with van der Waals surface area (Å²) < 4.78 is 1.05. The van der Waals surface area contributed by atoms with Crippen molar-refractivity contribution in [2.45, 2.75) is 38.0 Å². The summed E-state index contributed by atoms with van der Waals surface area (Å²) in [7, 11) is 0. The van der Waals surface area contributed by atoms with E-state index in [1.165, 1.54) is 5.56 Å². The van der Waals surface area contributed by atoms with Gasteiger partial charge in [0.15, 0.2) is 0 Å². The summed E-state index contributed by atoms with van der Waals surface area (Å²) in [6.07, 6.45) is 0.892. The van der Waals surface area contributed by atoms with E-state index in [0.717, 1.165) is 10.9 Å². The Morgan fingerprint density at radius 2 is 2.21 bits per heavy atom. The molecule has 0 bridgehead atoms. The maximum atomic E-state index is 12.0. The molecule has 1 fully saturated rings. The lowest BCUT2D eigenvalue weighted by Crippen LogP contribution is -2.44. The van der Waals surface area contributed by atoms with E-state index in [4.69, 9.17) is 0 Å². The highest BCUT2D eigenvalue weighted by Crippen LogP contribution is 2.12. The second-order valence-electron chi connectivity index (χ2n) is 5.09. The molecule has 0 aliphatic carbocycles. The summed E-state index contributed by atoms with van der Waals surface area (Å²) >= 11 is 3.40. The fourth-order valence-corrected chi connectivity index (χ4v) is 2.55. The Hall–Kier alpha value is -0.910. The Bertz CT molecular complexity index is 436. The first-order chi connectivity index (χ1) is 9.04. The molecule has 3 atom stereocenters. The lowest BCUT2D eigenvalue weighted by atomic mass is 10.1. The molecule has 0 radical (unpaired) electrons. The van der Waals surface area contributed by atoms with Gasteiger partial charge in [-0.2, -0.15) is 0 Å². The molecule has 1 aromatic rings. The zero-order valence-electron chi connectivity index (χ0n) is 10.9. The fourth-order valence-electron chi connectivity index (χ4n) is 2.29. The maximum absolute atomic E-state index is 12.0. The van der Waals surface area contributed by atoms with E-state index in [9.17, 15) is 9.90 Å². The average Bonchev–Trinajstić information content (AvgIpc) is 2.79. The Kier molecular flexibility index (Phi) is 4.96. The van der Waals surface area contributed by atoms with Crippen LogP contribution in [-0.2, 0) is 11.2 Å². The van der Waals surface area contributed by atoms with Gasteiger partial charge in [0, 0.05) is 17.1 Å². The monoisotopic (exact) mass is 326 g/mol. The van der Waals surface area contributed by atoms with Crippen molar-refractivity contribution in [1.29, 1.82) is 0 Å². The van der Waals surface area contributed by atoms with Gasteiger partial charge in [-0.25, -0.2) is 0 Å². The van der Waals surface area contributed by atoms with E-state index in [-0.39, 0.29) is 18.0 Å². The first-order valence-electron chi connectivity index (χ1n) is 6.51. The molecule has 1 heterocycles. The van der Waals surface area contributed by atoms with Crippen LogP contribution in [0, 0.1) is 0 Å². The van der Waals surface area contributed by atoms with Crippen LogP contribution in [0.2, 0.25) is 0 Å². The van der Waals surface area contributed by atoms with E-state index in [0.29, 0.717) is 13.0 Å². The molecular weight excluding hydrogens is 308 g/mol. The van der Waals surface area contributed by atoms with Crippen molar-refractivity contribution >= 4 is 21.8 Å². The van der Waals surface area contributed by atoms with Gasteiger partial charge in [0.2, 0.25) is 5.91 Å². The van der Waals surface area contributed by atoms with Gasteiger partial charge < -0.3 is 15.7 Å². The summed E-state index contributed by atoms with van der Waals surface area (Å²) in [5.41, 5.74) is 1.19. The number of amides is 1. The van der Waals surface area contributed by atoms with Crippen LogP contribution in [0.5, 0.6) is 0 Å². The molecule has 0 spiro atoms. The number of benzene rings is 1. The standard InChI is InChI=1S/C14H19BrN2O2/c1-9(6-10-2-4-11(15)5-3-10)17-14(19)13-7-12(18)8-16-13/h2-5,9,12-13,16,18H,6-8H2,1H3,(H,17,19)/t9-,12+,13+/m1/s1. The quantitative estimate of drug-likeness (QED) is 0.779. The molecule has 0 aromatic heterocycles. The van der Waals surface area contributed by atoms with E-state index in [1.807, 2.05) is 31.2 Å². The number of aliphatic hydroxyl groups is 1. The minimum Gasteiger partial charge on any atom is -0.392 e. The predicted molar refractivity (Wildman–Crippen MR) is 77.9 cm³/mol. The topological polar surface area (TPSA) is 61.4 Å². The van der Waals surface area contributed by atoms with Crippen molar-refractivity contribution in [3.8, 4) is 0 Å². The minimum absolute atomic E-state index is 0.0267. The number of hydrogen-bond donors (Lipinski definition) is 3. The van der Waals surface area contributed by atoms with Crippen molar-refractivity contribution in [3.63, 3.8) is 0 Å². The zero-order chi connectivity index (χ0) is 13.8. The van der Waals surface area contributed by atoms with Crippen molar-refractivity contribution in [2.75, 3.05) is 6.54 Å². The number of carbonyl (C=O) groups is 1. The van der Waals surface area contributed by atoms with Crippen LogP contribution in [0.1, 0.15) is 18.9 Å². The number of rotatable bonds is 4. The van der Waals surface area contributed by atoms with Gasteiger partial charge in [-0.15, -0.1) is 0 Å². The molecule has 5 heteroatoms. The normalized spacial score (nSPS) is 24.2. The molecule has 3 N–H and O–H groups in total. The second kappa shape index (κ2) is 6.50. The third kappa shape index (κ3) is 4.30.